The van der Waals surface area contributed by atoms with Crippen LogP contribution in [0.5, 0.6) is 0 Å². The van der Waals surface area contributed by atoms with Crippen molar-refractivity contribution >= 4 is 0 Å². The molecule has 2 saturated carbocycles. The van der Waals surface area contributed by atoms with Gasteiger partial charge in [0.15, 0.2) is 0 Å². The third-order valence-electron chi connectivity index (χ3n) is 5.87. The highest BCUT2D eigenvalue weighted by Gasteiger charge is 2.54. The fraction of sp³-hybridized carbons (Fsp3) is 0.667. The second-order valence-corrected chi connectivity index (χ2v) is 7.24. The molecule has 0 radical (unpaired) electrons. The molecular weight excluding hydrogens is 246 g/mol. The zero-order valence-corrected chi connectivity index (χ0v) is 12.7. The number of benzene rings is 1. The first-order valence-electron chi connectivity index (χ1n) is 8.05. The first kappa shape index (κ1) is 14.1. The Labute approximate surface area is 122 Å². The highest BCUT2D eigenvalue weighted by molar-refractivity contribution is 5.28. The van der Waals surface area contributed by atoms with E-state index in [1.165, 1.54) is 24.8 Å². The zero-order valence-electron chi connectivity index (χ0n) is 12.7. The first-order chi connectivity index (χ1) is 9.56. The monoisotopic (exact) mass is 273 g/mol. The van der Waals surface area contributed by atoms with E-state index in [9.17, 15) is 5.11 Å². The number of nitrogens with two attached hydrogens (primary N) is 1. The van der Waals surface area contributed by atoms with Crippen LogP contribution in [-0.2, 0) is 0 Å². The van der Waals surface area contributed by atoms with Crippen molar-refractivity contribution in [2.75, 3.05) is 6.54 Å². The van der Waals surface area contributed by atoms with E-state index in [0.717, 1.165) is 17.9 Å². The summed E-state index contributed by atoms with van der Waals surface area (Å²) in [5.41, 5.74) is 8.42. The van der Waals surface area contributed by atoms with E-state index in [0.29, 0.717) is 18.4 Å². The van der Waals surface area contributed by atoms with Crippen molar-refractivity contribution in [3.05, 3.63) is 35.4 Å². The van der Waals surface area contributed by atoms with Gasteiger partial charge < -0.3 is 10.8 Å². The maximum atomic E-state index is 10.9. The molecule has 2 aliphatic rings. The molecule has 2 bridgehead atoms. The van der Waals surface area contributed by atoms with Crippen LogP contribution >= 0.6 is 0 Å². The van der Waals surface area contributed by atoms with Crippen molar-refractivity contribution in [1.29, 1.82) is 0 Å². The van der Waals surface area contributed by atoms with Crippen LogP contribution in [0, 0.1) is 17.3 Å². The van der Waals surface area contributed by atoms with Crippen LogP contribution in [0.1, 0.15) is 62.7 Å². The Morgan fingerprint density at radius 3 is 2.30 bits per heavy atom. The second-order valence-electron chi connectivity index (χ2n) is 7.24. The van der Waals surface area contributed by atoms with Gasteiger partial charge >= 0.3 is 0 Å². The quantitative estimate of drug-likeness (QED) is 0.880. The largest absolute Gasteiger partial charge is 0.388 e. The van der Waals surface area contributed by atoms with E-state index in [4.69, 9.17) is 5.73 Å². The van der Waals surface area contributed by atoms with Crippen LogP contribution in [0.2, 0.25) is 0 Å². The minimum atomic E-state index is -0.399. The number of rotatable bonds is 4. The molecule has 1 aromatic rings. The Hall–Kier alpha value is -0.860. The standard InChI is InChI=1S/C18H27NO/c1-12(2)14-4-6-15(7-5-14)17(20)18(11-19)10-13-3-8-16(18)9-13/h4-7,12-13,16-17,20H,3,8-11,19H2,1-2H3. The summed E-state index contributed by atoms with van der Waals surface area (Å²) in [7, 11) is 0. The molecule has 0 saturated heterocycles. The highest BCUT2D eigenvalue weighted by Crippen LogP contribution is 2.60. The van der Waals surface area contributed by atoms with Crippen molar-refractivity contribution in [3.63, 3.8) is 0 Å². The van der Waals surface area contributed by atoms with Gasteiger partial charge in [-0.1, -0.05) is 44.5 Å². The van der Waals surface area contributed by atoms with E-state index in [2.05, 4.69) is 38.1 Å². The SMILES string of the molecule is CC(C)c1ccc(C(O)C2(CN)CC3CCC2C3)cc1. The normalized spacial score (nSPS) is 33.9. The van der Waals surface area contributed by atoms with Crippen LogP contribution in [0.4, 0.5) is 0 Å². The van der Waals surface area contributed by atoms with Crippen molar-refractivity contribution in [3.8, 4) is 0 Å². The molecule has 0 heterocycles. The summed E-state index contributed by atoms with van der Waals surface area (Å²) in [5.74, 6) is 1.96. The van der Waals surface area contributed by atoms with Gasteiger partial charge in [0.25, 0.3) is 0 Å². The molecule has 1 aromatic carbocycles. The Bertz CT molecular complexity index is 467. The number of hydrogen-bond acceptors (Lipinski definition) is 2. The van der Waals surface area contributed by atoms with Crippen LogP contribution in [0.25, 0.3) is 0 Å². The summed E-state index contributed by atoms with van der Waals surface area (Å²) in [6, 6.07) is 8.51. The Morgan fingerprint density at radius 2 is 1.85 bits per heavy atom. The fourth-order valence-electron chi connectivity index (χ4n) is 4.58. The topological polar surface area (TPSA) is 46.2 Å². The van der Waals surface area contributed by atoms with E-state index >= 15 is 0 Å². The van der Waals surface area contributed by atoms with Gasteiger partial charge in [0.05, 0.1) is 6.10 Å². The second kappa shape index (κ2) is 5.16. The van der Waals surface area contributed by atoms with Gasteiger partial charge in [-0.25, -0.2) is 0 Å². The summed E-state index contributed by atoms with van der Waals surface area (Å²) in [6.45, 7) is 5.01. The lowest BCUT2D eigenvalue weighted by Gasteiger charge is -2.41. The van der Waals surface area contributed by atoms with Gasteiger partial charge in [0.1, 0.15) is 0 Å². The molecule has 0 amide bonds. The average Bonchev–Trinajstić information content (AvgIpc) is 3.07. The number of aliphatic hydroxyl groups excluding tert-OH is 1. The average molecular weight is 273 g/mol. The third-order valence-corrected chi connectivity index (χ3v) is 5.87. The van der Waals surface area contributed by atoms with Crippen molar-refractivity contribution in [1.82, 2.24) is 0 Å². The Morgan fingerprint density at radius 1 is 1.20 bits per heavy atom. The predicted molar refractivity (Wildman–Crippen MR) is 82.4 cm³/mol. The minimum absolute atomic E-state index is 0.0672. The molecule has 20 heavy (non-hydrogen) atoms. The summed E-state index contributed by atoms with van der Waals surface area (Å²) >= 11 is 0. The number of fused-ring (bicyclic) bond motifs is 2. The summed E-state index contributed by atoms with van der Waals surface area (Å²) in [6.07, 6.45) is 4.58. The van der Waals surface area contributed by atoms with E-state index < -0.39 is 6.10 Å². The van der Waals surface area contributed by atoms with Crippen LogP contribution < -0.4 is 5.73 Å². The molecule has 2 aliphatic carbocycles. The minimum Gasteiger partial charge on any atom is -0.388 e. The van der Waals surface area contributed by atoms with Gasteiger partial charge in [-0.05, 0) is 48.1 Å². The molecular formula is C18H27NO. The van der Waals surface area contributed by atoms with E-state index in [-0.39, 0.29) is 5.41 Å². The summed E-state index contributed by atoms with van der Waals surface area (Å²) in [4.78, 5) is 0. The molecule has 3 N–H and O–H groups in total. The Balaban J connectivity index is 1.85. The predicted octanol–water partition coefficient (Wildman–Crippen LogP) is 3.61. The van der Waals surface area contributed by atoms with Crippen LogP contribution in [0.3, 0.4) is 0 Å². The summed E-state index contributed by atoms with van der Waals surface area (Å²) < 4.78 is 0. The molecule has 0 aliphatic heterocycles. The molecule has 110 valence electrons. The summed E-state index contributed by atoms with van der Waals surface area (Å²) in [5, 5.41) is 10.9. The number of aliphatic hydroxyl groups is 1. The highest BCUT2D eigenvalue weighted by atomic mass is 16.3. The van der Waals surface area contributed by atoms with Gasteiger partial charge in [0.2, 0.25) is 0 Å². The lowest BCUT2D eigenvalue weighted by Crippen LogP contribution is -2.41. The third kappa shape index (κ3) is 2.10. The molecule has 4 atom stereocenters. The molecule has 3 rings (SSSR count). The van der Waals surface area contributed by atoms with Crippen molar-refractivity contribution in [2.45, 2.75) is 51.6 Å². The lowest BCUT2D eigenvalue weighted by atomic mass is 9.67. The van der Waals surface area contributed by atoms with Gasteiger partial charge in [-0.3, -0.25) is 0 Å². The maximum Gasteiger partial charge on any atom is 0.0861 e. The number of hydrogen-bond donors (Lipinski definition) is 2. The van der Waals surface area contributed by atoms with Gasteiger partial charge in [-0.2, -0.15) is 0 Å². The van der Waals surface area contributed by atoms with Crippen molar-refractivity contribution < 1.29 is 5.11 Å². The fourth-order valence-corrected chi connectivity index (χ4v) is 4.58. The van der Waals surface area contributed by atoms with Gasteiger partial charge in [-0.15, -0.1) is 0 Å². The molecule has 2 fully saturated rings. The molecule has 4 unspecified atom stereocenters. The van der Waals surface area contributed by atoms with E-state index in [1.54, 1.807) is 0 Å². The molecule has 0 spiro atoms. The van der Waals surface area contributed by atoms with Crippen molar-refractivity contribution in [2.24, 2.45) is 23.0 Å². The van der Waals surface area contributed by atoms with Crippen LogP contribution in [-0.4, -0.2) is 11.7 Å². The molecule has 0 aromatic heterocycles. The van der Waals surface area contributed by atoms with E-state index in [1.807, 2.05) is 0 Å². The first-order valence-corrected chi connectivity index (χ1v) is 8.05. The lowest BCUT2D eigenvalue weighted by molar-refractivity contribution is -0.0130. The Kier molecular flexibility index (Phi) is 3.64. The maximum absolute atomic E-state index is 10.9. The van der Waals surface area contributed by atoms with Crippen LogP contribution in [0.15, 0.2) is 24.3 Å². The zero-order chi connectivity index (χ0) is 14.3. The molecule has 2 nitrogen and oxygen atoms in total. The molecule has 2 heteroatoms. The smallest absolute Gasteiger partial charge is 0.0861 e. The van der Waals surface area contributed by atoms with Gasteiger partial charge in [0, 0.05) is 12.0 Å².